The molecule has 140 valence electrons. The largest absolute Gasteiger partial charge is 0.351 e. The van der Waals surface area contributed by atoms with Crippen LogP contribution in [-0.2, 0) is 0 Å². The lowest BCUT2D eigenvalue weighted by atomic mass is 9.91. The fraction of sp³-hybridized carbons (Fsp3) is 0.300. The van der Waals surface area contributed by atoms with Crippen LogP contribution >= 0.6 is 11.6 Å². The van der Waals surface area contributed by atoms with E-state index in [9.17, 15) is 9.59 Å². The monoisotopic (exact) mass is 384 g/mol. The number of fused-ring (bicyclic) bond motifs is 1. The van der Waals surface area contributed by atoms with Crippen molar-refractivity contribution in [1.29, 1.82) is 0 Å². The van der Waals surface area contributed by atoms with Crippen LogP contribution in [0.3, 0.4) is 0 Å². The number of urea groups is 1. The number of piperidine rings is 1. The van der Waals surface area contributed by atoms with Crippen molar-refractivity contribution in [2.24, 2.45) is 5.73 Å². The molecule has 2 atom stereocenters. The van der Waals surface area contributed by atoms with Crippen molar-refractivity contribution < 1.29 is 4.79 Å². The highest BCUT2D eigenvalue weighted by molar-refractivity contribution is 6.30. The van der Waals surface area contributed by atoms with Crippen LogP contribution in [0.5, 0.6) is 0 Å². The van der Waals surface area contributed by atoms with Crippen LogP contribution in [0.2, 0.25) is 5.02 Å². The van der Waals surface area contributed by atoms with Gasteiger partial charge in [-0.05, 0) is 49.1 Å². The van der Waals surface area contributed by atoms with E-state index in [1.165, 1.54) is 0 Å². The Hall–Kier alpha value is -2.73. The number of nitrogens with two attached hydrogens (primary N) is 1. The number of H-pyrrole nitrogens is 1. The Labute approximate surface area is 161 Å². The van der Waals surface area contributed by atoms with Crippen molar-refractivity contribution in [3.8, 4) is 0 Å². The van der Waals surface area contributed by atoms with Gasteiger partial charge in [0, 0.05) is 17.6 Å². The Morgan fingerprint density at radius 1 is 1.22 bits per heavy atom. The summed E-state index contributed by atoms with van der Waals surface area (Å²) < 4.78 is 1.82. The van der Waals surface area contributed by atoms with Crippen molar-refractivity contribution in [1.82, 2.24) is 14.5 Å². The first kappa shape index (κ1) is 17.7. The highest BCUT2D eigenvalue weighted by Gasteiger charge is 2.33. The fourth-order valence-corrected chi connectivity index (χ4v) is 4.23. The van der Waals surface area contributed by atoms with E-state index in [0.29, 0.717) is 24.4 Å². The Morgan fingerprint density at radius 2 is 1.96 bits per heavy atom. The Kier molecular flexibility index (Phi) is 4.44. The molecular weight excluding hydrogens is 364 g/mol. The second kappa shape index (κ2) is 6.78. The average molecular weight is 385 g/mol. The Morgan fingerprint density at radius 3 is 2.67 bits per heavy atom. The number of aromatic nitrogens is 2. The number of carbonyl (C=O) groups is 1. The quantitative estimate of drug-likeness (QED) is 0.705. The van der Waals surface area contributed by atoms with Crippen LogP contribution in [0.4, 0.5) is 4.79 Å². The SMILES string of the molecule is Cc1cccc2c1[nH]c(=O)n2C1CCN(C(N)=O)C(c2ccc(Cl)cc2)C1. The minimum Gasteiger partial charge on any atom is -0.351 e. The molecule has 6 nitrogen and oxygen atoms in total. The molecule has 2 amide bonds. The van der Waals surface area contributed by atoms with E-state index in [-0.39, 0.29) is 17.8 Å². The van der Waals surface area contributed by atoms with Crippen molar-refractivity contribution >= 4 is 28.7 Å². The number of hydrogen-bond donors (Lipinski definition) is 2. The fourth-order valence-electron chi connectivity index (χ4n) is 4.10. The van der Waals surface area contributed by atoms with Gasteiger partial charge in [-0.2, -0.15) is 0 Å². The predicted molar refractivity (Wildman–Crippen MR) is 106 cm³/mol. The number of rotatable bonds is 2. The molecule has 1 fully saturated rings. The maximum Gasteiger partial charge on any atom is 0.326 e. The molecule has 27 heavy (non-hydrogen) atoms. The second-order valence-electron chi connectivity index (χ2n) is 7.05. The summed E-state index contributed by atoms with van der Waals surface area (Å²) in [6.45, 7) is 2.48. The molecule has 2 heterocycles. The number of nitrogens with zero attached hydrogens (tertiary/aromatic N) is 2. The zero-order valence-electron chi connectivity index (χ0n) is 15.0. The van der Waals surface area contributed by atoms with E-state index in [4.69, 9.17) is 17.3 Å². The van der Waals surface area contributed by atoms with E-state index in [2.05, 4.69) is 4.98 Å². The normalized spacial score (nSPS) is 20.1. The van der Waals surface area contributed by atoms with Crippen molar-refractivity contribution in [2.45, 2.75) is 31.8 Å². The molecule has 0 bridgehead atoms. The van der Waals surface area contributed by atoms with Crippen LogP contribution < -0.4 is 11.4 Å². The van der Waals surface area contributed by atoms with Crippen molar-refractivity contribution in [2.75, 3.05) is 6.54 Å². The number of amides is 2. The zero-order valence-corrected chi connectivity index (χ0v) is 15.7. The van der Waals surface area contributed by atoms with Crippen LogP contribution in [0.1, 0.15) is 36.1 Å². The van der Waals surface area contributed by atoms with Gasteiger partial charge in [-0.15, -0.1) is 0 Å². The molecule has 1 saturated heterocycles. The number of carbonyl (C=O) groups excluding carboxylic acids is 1. The number of halogens is 1. The molecule has 2 unspecified atom stereocenters. The minimum absolute atomic E-state index is 0.0238. The Bertz CT molecular complexity index is 1050. The smallest absolute Gasteiger partial charge is 0.326 e. The highest BCUT2D eigenvalue weighted by Crippen LogP contribution is 2.37. The molecule has 2 aromatic carbocycles. The van der Waals surface area contributed by atoms with Crippen LogP contribution in [-0.4, -0.2) is 27.0 Å². The first-order chi connectivity index (χ1) is 13.0. The topological polar surface area (TPSA) is 84.1 Å². The maximum atomic E-state index is 12.7. The molecule has 0 radical (unpaired) electrons. The number of nitrogens with one attached hydrogen (secondary N) is 1. The molecule has 7 heteroatoms. The number of likely N-dealkylation sites (tertiary alicyclic amines) is 1. The van der Waals surface area contributed by atoms with Gasteiger partial charge in [0.1, 0.15) is 0 Å². The van der Waals surface area contributed by atoms with E-state index in [0.717, 1.165) is 22.2 Å². The minimum atomic E-state index is -0.449. The Balaban J connectivity index is 1.75. The number of hydrogen-bond acceptors (Lipinski definition) is 2. The third-order valence-corrected chi connectivity index (χ3v) is 5.69. The maximum absolute atomic E-state index is 12.7. The summed E-state index contributed by atoms with van der Waals surface area (Å²) in [7, 11) is 0. The molecule has 0 saturated carbocycles. The van der Waals surface area contributed by atoms with Gasteiger partial charge in [0.25, 0.3) is 0 Å². The van der Waals surface area contributed by atoms with Crippen LogP contribution in [0.15, 0.2) is 47.3 Å². The van der Waals surface area contributed by atoms with Gasteiger partial charge in [-0.25, -0.2) is 9.59 Å². The third kappa shape index (κ3) is 3.10. The van der Waals surface area contributed by atoms with Crippen LogP contribution in [0.25, 0.3) is 11.0 Å². The predicted octanol–water partition coefficient (Wildman–Crippen LogP) is 3.75. The third-order valence-electron chi connectivity index (χ3n) is 5.44. The van der Waals surface area contributed by atoms with Gasteiger partial charge >= 0.3 is 11.7 Å². The number of benzene rings is 2. The van der Waals surface area contributed by atoms with Crippen molar-refractivity contribution in [3.63, 3.8) is 0 Å². The number of primary amides is 1. The standard InChI is InChI=1S/C20H21ClN4O2/c1-12-3-2-4-16-18(12)23-20(27)25(16)15-9-10-24(19(22)26)17(11-15)13-5-7-14(21)8-6-13/h2-8,15,17H,9-11H2,1H3,(H2,22,26)(H,23,27). The second-order valence-corrected chi connectivity index (χ2v) is 7.48. The lowest BCUT2D eigenvalue weighted by Gasteiger charge is -2.39. The molecule has 1 aliphatic heterocycles. The average Bonchev–Trinajstić information content (AvgIpc) is 2.99. The number of para-hydroxylation sites is 1. The summed E-state index contributed by atoms with van der Waals surface area (Å²) in [6.07, 6.45) is 1.29. The van der Waals surface area contributed by atoms with Gasteiger partial charge in [0.2, 0.25) is 0 Å². The summed E-state index contributed by atoms with van der Waals surface area (Å²) >= 11 is 6.01. The first-order valence-electron chi connectivity index (χ1n) is 8.97. The number of aryl methyl sites for hydroxylation is 1. The summed E-state index contributed by atoms with van der Waals surface area (Å²) in [5, 5.41) is 0.639. The first-order valence-corrected chi connectivity index (χ1v) is 9.35. The summed E-state index contributed by atoms with van der Waals surface area (Å²) in [4.78, 5) is 29.3. The van der Waals surface area contributed by atoms with E-state index in [1.54, 1.807) is 17.0 Å². The molecule has 0 spiro atoms. The molecule has 3 aromatic rings. The van der Waals surface area contributed by atoms with E-state index in [1.807, 2.05) is 41.8 Å². The lowest BCUT2D eigenvalue weighted by Crippen LogP contribution is -2.45. The van der Waals surface area contributed by atoms with Gasteiger partial charge < -0.3 is 15.6 Å². The highest BCUT2D eigenvalue weighted by atomic mass is 35.5. The van der Waals surface area contributed by atoms with Gasteiger partial charge in [-0.3, -0.25) is 4.57 Å². The molecule has 1 aromatic heterocycles. The molecule has 1 aliphatic rings. The summed E-state index contributed by atoms with van der Waals surface area (Å²) in [6, 6.07) is 12.7. The van der Waals surface area contributed by atoms with Gasteiger partial charge in [0.15, 0.2) is 0 Å². The summed E-state index contributed by atoms with van der Waals surface area (Å²) in [5.74, 6) is 0. The van der Waals surface area contributed by atoms with E-state index >= 15 is 0 Å². The van der Waals surface area contributed by atoms with Gasteiger partial charge in [-0.1, -0.05) is 35.9 Å². The number of imidazole rings is 1. The number of aromatic amines is 1. The molecular formula is C20H21ClN4O2. The lowest BCUT2D eigenvalue weighted by molar-refractivity contribution is 0.136. The van der Waals surface area contributed by atoms with Crippen molar-refractivity contribution in [3.05, 3.63) is 69.1 Å². The summed E-state index contributed by atoms with van der Waals surface area (Å²) in [5.41, 5.74) is 9.26. The molecule has 3 N–H and O–H groups in total. The van der Waals surface area contributed by atoms with Gasteiger partial charge in [0.05, 0.1) is 17.1 Å². The zero-order chi connectivity index (χ0) is 19.1. The van der Waals surface area contributed by atoms with Crippen LogP contribution in [0, 0.1) is 6.92 Å². The molecule has 4 rings (SSSR count). The molecule has 0 aliphatic carbocycles. The van der Waals surface area contributed by atoms with E-state index < -0.39 is 6.03 Å².